The van der Waals surface area contributed by atoms with E-state index in [2.05, 4.69) is 27.9 Å². The van der Waals surface area contributed by atoms with Gasteiger partial charge in [-0.2, -0.15) is 12.6 Å². The molecule has 6 heteroatoms. The van der Waals surface area contributed by atoms with Gasteiger partial charge in [0.15, 0.2) is 0 Å². The lowest BCUT2D eigenvalue weighted by atomic mass is 10.4. The second-order valence-corrected chi connectivity index (χ2v) is 4.30. The summed E-state index contributed by atoms with van der Waals surface area (Å²) in [7, 11) is 1.91. The Morgan fingerprint density at radius 2 is 2.22 bits per heavy atom. The molecule has 96 valence electrons. The molecule has 0 atom stereocenters. The SMILES string of the molecule is Cc1ccc(N(C)c2cc(NCCS)ncn2)o1. The van der Waals surface area contributed by atoms with Crippen LogP contribution >= 0.6 is 12.6 Å². The molecule has 5 nitrogen and oxygen atoms in total. The van der Waals surface area contributed by atoms with Crippen LogP contribution in [0, 0.1) is 6.92 Å². The fourth-order valence-corrected chi connectivity index (χ4v) is 1.64. The average molecular weight is 264 g/mol. The third kappa shape index (κ3) is 2.95. The fraction of sp³-hybridized carbons (Fsp3) is 0.333. The molecule has 0 aromatic carbocycles. The molecular formula is C12H16N4OS. The Bertz CT molecular complexity index is 514. The largest absolute Gasteiger partial charge is 0.445 e. The highest BCUT2D eigenvalue weighted by Crippen LogP contribution is 2.24. The van der Waals surface area contributed by atoms with Crippen LogP contribution in [0.15, 0.2) is 28.9 Å². The third-order valence-electron chi connectivity index (χ3n) is 2.47. The average Bonchev–Trinajstić information content (AvgIpc) is 2.82. The summed E-state index contributed by atoms with van der Waals surface area (Å²) in [6.07, 6.45) is 1.53. The minimum Gasteiger partial charge on any atom is -0.445 e. The van der Waals surface area contributed by atoms with Crippen LogP contribution in [0.2, 0.25) is 0 Å². The van der Waals surface area contributed by atoms with Crippen molar-refractivity contribution in [1.82, 2.24) is 9.97 Å². The molecule has 0 spiro atoms. The van der Waals surface area contributed by atoms with Gasteiger partial charge in [0.25, 0.3) is 0 Å². The number of anilines is 3. The third-order valence-corrected chi connectivity index (χ3v) is 2.69. The molecule has 0 bridgehead atoms. The van der Waals surface area contributed by atoms with E-state index in [4.69, 9.17) is 4.42 Å². The lowest BCUT2D eigenvalue weighted by molar-refractivity contribution is 0.537. The van der Waals surface area contributed by atoms with Crippen molar-refractivity contribution in [1.29, 1.82) is 0 Å². The summed E-state index contributed by atoms with van der Waals surface area (Å²) >= 11 is 4.15. The van der Waals surface area contributed by atoms with Crippen molar-refractivity contribution in [2.75, 3.05) is 29.6 Å². The smallest absolute Gasteiger partial charge is 0.200 e. The lowest BCUT2D eigenvalue weighted by Gasteiger charge is -2.15. The van der Waals surface area contributed by atoms with E-state index in [1.54, 1.807) is 0 Å². The van der Waals surface area contributed by atoms with Crippen molar-refractivity contribution < 1.29 is 4.42 Å². The van der Waals surface area contributed by atoms with Crippen LogP contribution in [0.4, 0.5) is 17.5 Å². The van der Waals surface area contributed by atoms with Gasteiger partial charge >= 0.3 is 0 Å². The predicted octanol–water partition coefficient (Wildman–Crippen LogP) is 2.49. The molecule has 0 fully saturated rings. The number of nitrogens with zero attached hydrogens (tertiary/aromatic N) is 3. The van der Waals surface area contributed by atoms with Crippen LogP contribution in [-0.4, -0.2) is 29.3 Å². The maximum Gasteiger partial charge on any atom is 0.200 e. The Morgan fingerprint density at radius 1 is 1.39 bits per heavy atom. The number of hydrogen-bond acceptors (Lipinski definition) is 6. The quantitative estimate of drug-likeness (QED) is 0.813. The first-order valence-corrected chi connectivity index (χ1v) is 6.31. The van der Waals surface area contributed by atoms with Crippen LogP contribution < -0.4 is 10.2 Å². The fourth-order valence-electron chi connectivity index (χ4n) is 1.53. The molecule has 2 heterocycles. The summed E-state index contributed by atoms with van der Waals surface area (Å²) < 4.78 is 5.55. The Balaban J connectivity index is 2.17. The van der Waals surface area contributed by atoms with Gasteiger partial charge in [-0.05, 0) is 13.0 Å². The van der Waals surface area contributed by atoms with Gasteiger partial charge in [0.2, 0.25) is 5.88 Å². The zero-order chi connectivity index (χ0) is 13.0. The molecule has 0 aliphatic carbocycles. The number of thiol groups is 1. The Labute approximate surface area is 112 Å². The molecule has 2 aromatic heterocycles. The van der Waals surface area contributed by atoms with E-state index in [1.807, 2.05) is 37.1 Å². The Hall–Kier alpha value is -1.69. The van der Waals surface area contributed by atoms with Crippen molar-refractivity contribution in [3.8, 4) is 0 Å². The molecule has 1 N–H and O–H groups in total. The van der Waals surface area contributed by atoms with Gasteiger partial charge in [-0.25, -0.2) is 9.97 Å². The monoisotopic (exact) mass is 264 g/mol. The molecule has 18 heavy (non-hydrogen) atoms. The maximum atomic E-state index is 5.55. The van der Waals surface area contributed by atoms with E-state index in [9.17, 15) is 0 Å². The van der Waals surface area contributed by atoms with Crippen LogP contribution in [0.5, 0.6) is 0 Å². The first-order chi connectivity index (χ1) is 8.70. The highest BCUT2D eigenvalue weighted by molar-refractivity contribution is 7.80. The second kappa shape index (κ2) is 5.77. The number of rotatable bonds is 5. The minimum absolute atomic E-state index is 0.756. The van der Waals surface area contributed by atoms with Crippen LogP contribution in [0.3, 0.4) is 0 Å². The summed E-state index contributed by atoms with van der Waals surface area (Å²) in [5, 5.41) is 3.16. The Kier molecular flexibility index (Phi) is 4.09. The van der Waals surface area contributed by atoms with E-state index in [0.29, 0.717) is 0 Å². The molecule has 0 amide bonds. The predicted molar refractivity (Wildman–Crippen MR) is 75.9 cm³/mol. The molecule has 0 unspecified atom stereocenters. The number of hydrogen-bond donors (Lipinski definition) is 2. The molecule has 0 aliphatic heterocycles. The highest BCUT2D eigenvalue weighted by Gasteiger charge is 2.09. The molecule has 2 aromatic rings. The highest BCUT2D eigenvalue weighted by atomic mass is 32.1. The van der Waals surface area contributed by atoms with Gasteiger partial charge in [0.1, 0.15) is 23.7 Å². The van der Waals surface area contributed by atoms with Crippen molar-refractivity contribution in [3.05, 3.63) is 30.3 Å². The summed E-state index contributed by atoms with van der Waals surface area (Å²) in [6, 6.07) is 5.71. The molecule has 0 radical (unpaired) electrons. The topological polar surface area (TPSA) is 54.2 Å². The maximum absolute atomic E-state index is 5.55. The molecule has 0 saturated heterocycles. The molecule has 2 rings (SSSR count). The van der Waals surface area contributed by atoms with Crippen LogP contribution in [0.1, 0.15) is 5.76 Å². The van der Waals surface area contributed by atoms with Crippen molar-refractivity contribution in [2.45, 2.75) is 6.92 Å². The van der Waals surface area contributed by atoms with Gasteiger partial charge in [0, 0.05) is 31.5 Å². The van der Waals surface area contributed by atoms with E-state index in [1.165, 1.54) is 6.33 Å². The summed E-state index contributed by atoms with van der Waals surface area (Å²) in [4.78, 5) is 10.2. The van der Waals surface area contributed by atoms with Gasteiger partial charge in [-0.3, -0.25) is 4.90 Å². The van der Waals surface area contributed by atoms with Gasteiger partial charge in [0.05, 0.1) is 0 Å². The van der Waals surface area contributed by atoms with Gasteiger partial charge in [-0.1, -0.05) is 0 Å². The van der Waals surface area contributed by atoms with Crippen molar-refractivity contribution in [2.24, 2.45) is 0 Å². The summed E-state index contributed by atoms with van der Waals surface area (Å²) in [6.45, 7) is 2.68. The molecule has 0 aliphatic rings. The lowest BCUT2D eigenvalue weighted by Crippen LogP contribution is -2.12. The van der Waals surface area contributed by atoms with E-state index >= 15 is 0 Å². The first kappa shape index (κ1) is 12.8. The normalized spacial score (nSPS) is 10.4. The van der Waals surface area contributed by atoms with Crippen LogP contribution in [-0.2, 0) is 0 Å². The van der Waals surface area contributed by atoms with Gasteiger partial charge in [-0.15, -0.1) is 0 Å². The van der Waals surface area contributed by atoms with Crippen molar-refractivity contribution in [3.63, 3.8) is 0 Å². The standard InChI is InChI=1S/C12H16N4OS/c1-9-3-4-12(17-9)16(2)11-7-10(13-5-6-18)14-8-15-11/h3-4,7-8,18H,5-6H2,1-2H3,(H,13,14,15). The summed E-state index contributed by atoms with van der Waals surface area (Å²) in [5.41, 5.74) is 0. The van der Waals surface area contributed by atoms with E-state index < -0.39 is 0 Å². The van der Waals surface area contributed by atoms with E-state index in [0.717, 1.165) is 35.6 Å². The van der Waals surface area contributed by atoms with Crippen molar-refractivity contribution >= 4 is 30.1 Å². The zero-order valence-corrected chi connectivity index (χ0v) is 11.3. The number of aryl methyl sites for hydroxylation is 1. The number of furan rings is 1. The molecule has 0 saturated carbocycles. The van der Waals surface area contributed by atoms with Gasteiger partial charge < -0.3 is 9.73 Å². The minimum atomic E-state index is 0.756. The second-order valence-electron chi connectivity index (χ2n) is 3.86. The number of nitrogens with one attached hydrogen (secondary N) is 1. The van der Waals surface area contributed by atoms with Crippen LogP contribution in [0.25, 0.3) is 0 Å². The Morgan fingerprint density at radius 3 is 2.89 bits per heavy atom. The molecular weight excluding hydrogens is 248 g/mol. The number of aromatic nitrogens is 2. The summed E-state index contributed by atoms with van der Waals surface area (Å²) in [5.74, 6) is 3.95. The zero-order valence-electron chi connectivity index (χ0n) is 10.4. The van der Waals surface area contributed by atoms with E-state index in [-0.39, 0.29) is 0 Å². The first-order valence-electron chi connectivity index (χ1n) is 5.67.